The number of fused-ring (bicyclic) bond motifs is 1. The van der Waals surface area contributed by atoms with Gasteiger partial charge in [-0.1, -0.05) is 48.7 Å². The lowest BCUT2D eigenvalue weighted by atomic mass is 9.78. The minimum Gasteiger partial charge on any atom is -0.503 e. The van der Waals surface area contributed by atoms with Gasteiger partial charge in [-0.3, -0.25) is 19.4 Å². The van der Waals surface area contributed by atoms with Gasteiger partial charge in [0.1, 0.15) is 0 Å². The third-order valence-electron chi connectivity index (χ3n) is 6.78. The number of nitrogens with zero attached hydrogens (tertiary/aromatic N) is 3. The molecule has 8 heteroatoms. The van der Waals surface area contributed by atoms with Gasteiger partial charge >= 0.3 is 0 Å². The van der Waals surface area contributed by atoms with Gasteiger partial charge in [0.2, 0.25) is 0 Å². The predicted molar refractivity (Wildman–Crippen MR) is 129 cm³/mol. The van der Waals surface area contributed by atoms with E-state index in [1.807, 2.05) is 18.2 Å². The molecule has 1 fully saturated rings. The number of nitrogens with one attached hydrogen (secondary N) is 2. The Morgan fingerprint density at radius 1 is 1.21 bits per heavy atom. The van der Waals surface area contributed by atoms with Gasteiger partial charge in [0, 0.05) is 17.3 Å². The van der Waals surface area contributed by atoms with Gasteiger partial charge in [0.05, 0.1) is 24.5 Å². The van der Waals surface area contributed by atoms with Crippen LogP contribution in [0.1, 0.15) is 52.9 Å². The third kappa shape index (κ3) is 4.19. The minimum atomic E-state index is -0.768. The normalized spacial score (nSPS) is 15.0. The van der Waals surface area contributed by atoms with Crippen LogP contribution in [0.25, 0.3) is 10.9 Å². The molecule has 0 saturated heterocycles. The summed E-state index contributed by atoms with van der Waals surface area (Å²) >= 11 is 0. The minimum absolute atomic E-state index is 0.145. The highest BCUT2D eigenvalue weighted by Gasteiger charge is 2.36. The fourth-order valence-electron chi connectivity index (χ4n) is 5.00. The summed E-state index contributed by atoms with van der Waals surface area (Å²) in [6, 6.07) is 14.1. The maximum absolute atomic E-state index is 12.9. The monoisotopic (exact) mass is 457 g/mol. The van der Waals surface area contributed by atoms with Crippen LogP contribution in [0.2, 0.25) is 0 Å². The quantitative estimate of drug-likeness (QED) is 0.410. The van der Waals surface area contributed by atoms with Gasteiger partial charge in [0.25, 0.3) is 11.3 Å². The lowest BCUT2D eigenvalue weighted by Gasteiger charge is -2.30. The van der Waals surface area contributed by atoms with E-state index >= 15 is 0 Å². The molecule has 1 aliphatic carbocycles. The number of hydrogen-bond donors (Lipinski definition) is 3. The highest BCUT2D eigenvalue weighted by molar-refractivity contribution is 5.92. The van der Waals surface area contributed by atoms with Crippen molar-refractivity contribution in [2.24, 2.45) is 0 Å². The molecule has 2 heterocycles. The van der Waals surface area contributed by atoms with E-state index in [0.29, 0.717) is 6.54 Å². The first-order valence-electron chi connectivity index (χ1n) is 11.5. The second-order valence-electron chi connectivity index (χ2n) is 9.22. The van der Waals surface area contributed by atoms with Crippen molar-refractivity contribution < 1.29 is 9.90 Å². The Morgan fingerprint density at radius 2 is 2.03 bits per heavy atom. The Morgan fingerprint density at radius 3 is 2.82 bits per heavy atom. The van der Waals surface area contributed by atoms with Crippen molar-refractivity contribution in [3.63, 3.8) is 0 Å². The van der Waals surface area contributed by atoms with E-state index in [1.54, 1.807) is 10.9 Å². The Hall–Kier alpha value is -3.94. The number of hydrogen-bond acceptors (Lipinski definition) is 5. The summed E-state index contributed by atoms with van der Waals surface area (Å²) in [4.78, 5) is 25.4. The topological polar surface area (TPSA) is 113 Å². The highest BCUT2D eigenvalue weighted by Crippen LogP contribution is 2.42. The molecule has 0 atom stereocenters. The first kappa shape index (κ1) is 21.9. The zero-order chi connectivity index (χ0) is 23.7. The Labute approximate surface area is 196 Å². The van der Waals surface area contributed by atoms with Crippen molar-refractivity contribution in [1.82, 2.24) is 25.3 Å². The van der Waals surface area contributed by atoms with Crippen LogP contribution in [0.15, 0.2) is 59.7 Å². The summed E-state index contributed by atoms with van der Waals surface area (Å²) < 4.78 is 1.55. The molecule has 174 valence electrons. The molecule has 0 aliphatic heterocycles. The fourth-order valence-corrected chi connectivity index (χ4v) is 5.00. The predicted octanol–water partition coefficient (Wildman–Crippen LogP) is 3.58. The van der Waals surface area contributed by atoms with Crippen molar-refractivity contribution in [2.45, 2.75) is 51.1 Å². The first-order chi connectivity index (χ1) is 16.4. The second kappa shape index (κ2) is 8.78. The highest BCUT2D eigenvalue weighted by atomic mass is 16.3. The smallest absolute Gasteiger partial charge is 0.276 e. The number of amides is 1. The van der Waals surface area contributed by atoms with Crippen molar-refractivity contribution in [3.8, 4) is 5.75 Å². The summed E-state index contributed by atoms with van der Waals surface area (Å²) in [7, 11) is 0. The molecule has 0 bridgehead atoms. The van der Waals surface area contributed by atoms with Crippen LogP contribution in [0.5, 0.6) is 5.75 Å². The number of H-pyrrole nitrogens is 1. The molecule has 1 amide bonds. The van der Waals surface area contributed by atoms with Gasteiger partial charge in [-0.2, -0.15) is 10.2 Å². The third-order valence-corrected chi connectivity index (χ3v) is 6.78. The first-order valence-corrected chi connectivity index (χ1v) is 11.5. The van der Waals surface area contributed by atoms with E-state index in [9.17, 15) is 14.7 Å². The van der Waals surface area contributed by atoms with Gasteiger partial charge in [-0.05, 0) is 43.0 Å². The lowest BCUT2D eigenvalue weighted by Crippen LogP contribution is -2.34. The van der Waals surface area contributed by atoms with E-state index in [4.69, 9.17) is 0 Å². The van der Waals surface area contributed by atoms with E-state index in [1.165, 1.54) is 17.3 Å². The number of aryl methyl sites for hydroxylation is 1. The molecule has 3 N–H and O–H groups in total. The van der Waals surface area contributed by atoms with Crippen LogP contribution in [0, 0.1) is 6.92 Å². The summed E-state index contributed by atoms with van der Waals surface area (Å²) in [5.41, 5.74) is 2.97. The van der Waals surface area contributed by atoms with Gasteiger partial charge in [-0.25, -0.2) is 0 Å². The Balaban J connectivity index is 1.39. The summed E-state index contributed by atoms with van der Waals surface area (Å²) in [5.74, 6) is -1.09. The largest absolute Gasteiger partial charge is 0.503 e. The average Bonchev–Trinajstić information content (AvgIpc) is 3.49. The zero-order valence-corrected chi connectivity index (χ0v) is 19.0. The molecular weight excluding hydrogens is 430 g/mol. The number of carbonyl (C=O) groups is 1. The van der Waals surface area contributed by atoms with Crippen LogP contribution in [0.3, 0.4) is 0 Å². The molecular formula is C26H27N5O3. The van der Waals surface area contributed by atoms with Crippen molar-refractivity contribution in [3.05, 3.63) is 87.5 Å². The molecule has 2 aromatic carbocycles. The van der Waals surface area contributed by atoms with E-state index < -0.39 is 17.1 Å². The van der Waals surface area contributed by atoms with Crippen molar-refractivity contribution in [1.29, 1.82) is 0 Å². The van der Waals surface area contributed by atoms with E-state index in [-0.39, 0.29) is 17.7 Å². The Kier molecular flexibility index (Phi) is 5.65. The van der Waals surface area contributed by atoms with E-state index in [0.717, 1.165) is 42.1 Å². The zero-order valence-electron chi connectivity index (χ0n) is 19.0. The molecule has 8 nitrogen and oxygen atoms in total. The van der Waals surface area contributed by atoms with Gasteiger partial charge < -0.3 is 10.4 Å². The van der Waals surface area contributed by atoms with Crippen LogP contribution in [0.4, 0.5) is 0 Å². The lowest BCUT2D eigenvalue weighted by molar-refractivity contribution is 0.0940. The van der Waals surface area contributed by atoms with Crippen molar-refractivity contribution >= 4 is 16.8 Å². The van der Waals surface area contributed by atoms with Crippen molar-refractivity contribution in [2.75, 3.05) is 0 Å². The number of aromatic amines is 1. The van der Waals surface area contributed by atoms with E-state index in [2.05, 4.69) is 51.8 Å². The average molecular weight is 458 g/mol. The summed E-state index contributed by atoms with van der Waals surface area (Å²) in [6.07, 6.45) is 7.24. The molecule has 4 aromatic rings. The Bertz CT molecular complexity index is 1420. The molecule has 0 unspecified atom stereocenters. The molecule has 1 aliphatic rings. The maximum Gasteiger partial charge on any atom is 0.276 e. The molecule has 5 rings (SSSR count). The number of benzene rings is 2. The number of rotatable bonds is 6. The standard InChI is InChI=1S/C26H27N5O3/c1-17-5-4-6-20(11-17)26(9-2-3-10-26)16-31-15-22(32)24(33)23(30-31)25(34)27-13-18-7-8-21-19(12-18)14-28-29-21/h4-8,11-12,14-15,32H,2-3,9-10,13,16H2,1H3,(H,27,34)(H,28,29). The molecule has 0 spiro atoms. The summed E-state index contributed by atoms with van der Waals surface area (Å²) in [6.45, 7) is 2.79. The number of carbonyl (C=O) groups excluding carboxylic acids is 1. The van der Waals surface area contributed by atoms with Gasteiger partial charge in [-0.15, -0.1) is 0 Å². The second-order valence-corrected chi connectivity index (χ2v) is 9.22. The number of aromatic nitrogens is 4. The molecule has 2 aromatic heterocycles. The SMILES string of the molecule is Cc1cccc(C2(Cn3cc(O)c(=O)c(C(=O)NCc4ccc5[nH]ncc5c4)n3)CCCC2)c1. The van der Waals surface area contributed by atoms with Gasteiger partial charge in [0.15, 0.2) is 11.4 Å². The maximum atomic E-state index is 12.9. The molecule has 1 saturated carbocycles. The van der Waals surface area contributed by atoms with Crippen LogP contribution < -0.4 is 10.7 Å². The van der Waals surface area contributed by atoms with Crippen LogP contribution in [-0.4, -0.2) is 31.0 Å². The molecule has 0 radical (unpaired) electrons. The van der Waals surface area contributed by atoms with Crippen LogP contribution >= 0.6 is 0 Å². The molecule has 34 heavy (non-hydrogen) atoms. The van der Waals surface area contributed by atoms with Crippen LogP contribution in [-0.2, 0) is 18.5 Å². The summed E-state index contributed by atoms with van der Waals surface area (Å²) in [5, 5.41) is 25.2. The fraction of sp³-hybridized carbons (Fsp3) is 0.308. The number of aromatic hydroxyl groups is 1.